The number of hydrogen-bond acceptors (Lipinski definition) is 2. The Morgan fingerprint density at radius 3 is 3.11 bits per heavy atom. The molecule has 1 heterocycles. The minimum absolute atomic E-state index is 0.140. The molecule has 0 unspecified atom stereocenters. The maximum atomic E-state index is 13.5. The minimum Gasteiger partial charge on any atom is -0.457 e. The molecule has 3 heteroatoms. The summed E-state index contributed by atoms with van der Waals surface area (Å²) in [5.74, 6) is -0.358. The monoisotopic (exact) mass is 248 g/mol. The maximum absolute atomic E-state index is 13.5. The second-order valence-corrected chi connectivity index (χ2v) is 5.47. The molecule has 1 aliphatic heterocycles. The molecular formula is C15H17FO2. The predicted molar refractivity (Wildman–Crippen MR) is 65.7 cm³/mol. The van der Waals surface area contributed by atoms with Gasteiger partial charge in [-0.25, -0.2) is 4.39 Å². The number of fused-ring (bicyclic) bond motifs is 5. The van der Waals surface area contributed by atoms with Crippen molar-refractivity contribution in [2.45, 2.75) is 50.5 Å². The Bertz CT molecular complexity index is 497. The number of benzene rings is 1. The molecule has 0 spiro atoms. The topological polar surface area (TPSA) is 26.3 Å². The van der Waals surface area contributed by atoms with E-state index in [1.165, 1.54) is 6.07 Å². The molecule has 1 fully saturated rings. The Balaban J connectivity index is 2.06. The highest BCUT2D eigenvalue weighted by molar-refractivity contribution is 5.75. The first kappa shape index (κ1) is 11.7. The molecule has 2 aliphatic rings. The van der Waals surface area contributed by atoms with E-state index in [0.29, 0.717) is 6.42 Å². The van der Waals surface area contributed by atoms with Gasteiger partial charge in [0.1, 0.15) is 11.9 Å². The summed E-state index contributed by atoms with van der Waals surface area (Å²) in [5.41, 5.74) is 1.85. The van der Waals surface area contributed by atoms with Gasteiger partial charge < -0.3 is 4.74 Å². The zero-order valence-electron chi connectivity index (χ0n) is 10.5. The number of unbranched alkanes of at least 4 members (excludes halogenated alkanes) is 1. The van der Waals surface area contributed by atoms with Crippen LogP contribution in [0.15, 0.2) is 18.2 Å². The molecule has 1 aromatic carbocycles. The van der Waals surface area contributed by atoms with E-state index in [2.05, 4.69) is 6.92 Å². The number of hydrogen-bond donors (Lipinski definition) is 0. The van der Waals surface area contributed by atoms with Crippen molar-refractivity contribution in [2.75, 3.05) is 0 Å². The lowest BCUT2D eigenvalue weighted by Crippen LogP contribution is -2.32. The maximum Gasteiger partial charge on any atom is 0.307 e. The molecule has 18 heavy (non-hydrogen) atoms. The molecule has 1 aliphatic carbocycles. The summed E-state index contributed by atoms with van der Waals surface area (Å²) in [6, 6.07) is 4.84. The zero-order valence-corrected chi connectivity index (χ0v) is 10.5. The van der Waals surface area contributed by atoms with Crippen molar-refractivity contribution in [1.82, 2.24) is 0 Å². The van der Waals surface area contributed by atoms with E-state index in [1.807, 2.05) is 0 Å². The van der Waals surface area contributed by atoms with Crippen LogP contribution in [0.1, 0.15) is 56.3 Å². The van der Waals surface area contributed by atoms with Gasteiger partial charge >= 0.3 is 5.97 Å². The summed E-state index contributed by atoms with van der Waals surface area (Å²) in [6.07, 6.45) is 4.18. The Labute approximate surface area is 106 Å². The SMILES string of the molecule is CCCC[C@]12CC(=O)O[C@H](C1)c1ccc(F)cc12. The third-order valence-electron chi connectivity index (χ3n) is 4.28. The average molecular weight is 248 g/mol. The summed E-state index contributed by atoms with van der Waals surface area (Å²) in [7, 11) is 0. The summed E-state index contributed by atoms with van der Waals surface area (Å²) >= 11 is 0. The molecule has 0 amide bonds. The number of carbonyl (C=O) groups excluding carboxylic acids is 1. The van der Waals surface area contributed by atoms with E-state index >= 15 is 0 Å². The summed E-state index contributed by atoms with van der Waals surface area (Å²) < 4.78 is 18.9. The van der Waals surface area contributed by atoms with Gasteiger partial charge in [-0.15, -0.1) is 0 Å². The van der Waals surface area contributed by atoms with Gasteiger partial charge in [0.2, 0.25) is 0 Å². The molecule has 0 N–H and O–H groups in total. The largest absolute Gasteiger partial charge is 0.457 e. The Kier molecular flexibility index (Phi) is 2.65. The van der Waals surface area contributed by atoms with E-state index < -0.39 is 0 Å². The molecule has 1 saturated heterocycles. The fourth-order valence-electron chi connectivity index (χ4n) is 3.43. The first-order valence-electron chi connectivity index (χ1n) is 6.64. The lowest BCUT2D eigenvalue weighted by Gasteiger charge is -2.33. The number of ether oxygens (including phenoxy) is 1. The van der Waals surface area contributed by atoms with Crippen molar-refractivity contribution < 1.29 is 13.9 Å². The van der Waals surface area contributed by atoms with Crippen molar-refractivity contribution >= 4 is 5.97 Å². The molecule has 2 nitrogen and oxygen atoms in total. The smallest absolute Gasteiger partial charge is 0.307 e. The predicted octanol–water partition coefficient (Wildman–Crippen LogP) is 3.65. The van der Waals surface area contributed by atoms with Crippen LogP contribution < -0.4 is 0 Å². The second kappa shape index (κ2) is 4.08. The van der Waals surface area contributed by atoms with Gasteiger partial charge in [0.25, 0.3) is 0 Å². The summed E-state index contributed by atoms with van der Waals surface area (Å²) in [6.45, 7) is 2.14. The quantitative estimate of drug-likeness (QED) is 0.763. The molecule has 2 bridgehead atoms. The molecule has 96 valence electrons. The first-order chi connectivity index (χ1) is 8.64. The molecule has 3 rings (SSSR count). The average Bonchev–Trinajstić information content (AvgIpc) is 2.56. The van der Waals surface area contributed by atoms with Crippen molar-refractivity contribution in [2.24, 2.45) is 0 Å². The number of rotatable bonds is 3. The van der Waals surface area contributed by atoms with Gasteiger partial charge in [-0.3, -0.25) is 4.79 Å². The van der Waals surface area contributed by atoms with Crippen LogP contribution in [0.4, 0.5) is 4.39 Å². The van der Waals surface area contributed by atoms with Crippen LogP contribution in [-0.4, -0.2) is 5.97 Å². The number of halogens is 1. The van der Waals surface area contributed by atoms with E-state index in [0.717, 1.165) is 36.8 Å². The van der Waals surface area contributed by atoms with Gasteiger partial charge in [-0.05, 0) is 36.1 Å². The van der Waals surface area contributed by atoms with Crippen LogP contribution in [0, 0.1) is 5.82 Å². The van der Waals surface area contributed by atoms with E-state index in [4.69, 9.17) is 4.74 Å². The Morgan fingerprint density at radius 2 is 2.33 bits per heavy atom. The highest BCUT2D eigenvalue weighted by Gasteiger charge is 2.50. The van der Waals surface area contributed by atoms with Crippen LogP contribution in [0.25, 0.3) is 0 Å². The number of esters is 1. The zero-order chi connectivity index (χ0) is 12.8. The number of carbonyl (C=O) groups is 1. The van der Waals surface area contributed by atoms with Gasteiger partial charge in [0.05, 0.1) is 6.42 Å². The third-order valence-corrected chi connectivity index (χ3v) is 4.28. The van der Waals surface area contributed by atoms with E-state index in [-0.39, 0.29) is 23.3 Å². The Morgan fingerprint density at radius 1 is 1.50 bits per heavy atom. The minimum atomic E-state index is -0.218. The fraction of sp³-hybridized carbons (Fsp3) is 0.533. The van der Waals surface area contributed by atoms with Crippen molar-refractivity contribution in [1.29, 1.82) is 0 Å². The molecular weight excluding hydrogens is 231 g/mol. The normalized spacial score (nSPS) is 29.0. The van der Waals surface area contributed by atoms with Crippen LogP contribution in [0.2, 0.25) is 0 Å². The molecule has 0 radical (unpaired) electrons. The van der Waals surface area contributed by atoms with E-state index in [1.54, 1.807) is 12.1 Å². The summed E-state index contributed by atoms with van der Waals surface area (Å²) in [5, 5.41) is 0. The van der Waals surface area contributed by atoms with Crippen molar-refractivity contribution in [3.05, 3.63) is 35.1 Å². The lowest BCUT2D eigenvalue weighted by atomic mass is 9.74. The van der Waals surface area contributed by atoms with Crippen LogP contribution in [0.5, 0.6) is 0 Å². The van der Waals surface area contributed by atoms with Crippen molar-refractivity contribution in [3.8, 4) is 0 Å². The van der Waals surface area contributed by atoms with Gasteiger partial charge in [-0.2, -0.15) is 0 Å². The molecule has 0 saturated carbocycles. The second-order valence-electron chi connectivity index (χ2n) is 5.47. The lowest BCUT2D eigenvalue weighted by molar-refractivity contribution is -0.156. The van der Waals surface area contributed by atoms with Crippen LogP contribution >= 0.6 is 0 Å². The van der Waals surface area contributed by atoms with Crippen LogP contribution in [-0.2, 0) is 14.9 Å². The van der Waals surface area contributed by atoms with E-state index in [9.17, 15) is 9.18 Å². The highest BCUT2D eigenvalue weighted by Crippen LogP contribution is 2.54. The molecule has 2 atom stereocenters. The molecule has 0 aromatic heterocycles. The van der Waals surface area contributed by atoms with Gasteiger partial charge in [-0.1, -0.05) is 25.8 Å². The summed E-state index contributed by atoms with van der Waals surface area (Å²) in [4.78, 5) is 11.7. The Hall–Kier alpha value is -1.38. The van der Waals surface area contributed by atoms with Crippen molar-refractivity contribution in [3.63, 3.8) is 0 Å². The fourth-order valence-corrected chi connectivity index (χ4v) is 3.43. The molecule has 1 aromatic rings. The third kappa shape index (κ3) is 1.64. The van der Waals surface area contributed by atoms with Gasteiger partial charge in [0.15, 0.2) is 0 Å². The van der Waals surface area contributed by atoms with Crippen LogP contribution in [0.3, 0.4) is 0 Å². The first-order valence-corrected chi connectivity index (χ1v) is 6.64. The standard InChI is InChI=1S/C15H17FO2/c1-2-3-6-15-8-13(18-14(17)9-15)11-5-4-10(16)7-12(11)15/h4-5,7,13H,2-3,6,8-9H2,1H3/t13-,15-/m1/s1. The highest BCUT2D eigenvalue weighted by atomic mass is 19.1. The van der Waals surface area contributed by atoms with Gasteiger partial charge in [0, 0.05) is 5.41 Å².